The Morgan fingerprint density at radius 2 is 2.12 bits per heavy atom. The summed E-state index contributed by atoms with van der Waals surface area (Å²) in [6.45, 7) is 3.50. The van der Waals surface area contributed by atoms with Crippen molar-refractivity contribution in [2.45, 2.75) is 38.1 Å². The van der Waals surface area contributed by atoms with Crippen LogP contribution in [0.25, 0.3) is 0 Å². The predicted octanol–water partition coefficient (Wildman–Crippen LogP) is 0.326. The number of rotatable bonds is 2. The number of carbonyl (C=O) groups is 1. The van der Waals surface area contributed by atoms with Gasteiger partial charge in [0.25, 0.3) is 0 Å². The maximum absolute atomic E-state index is 11.3. The summed E-state index contributed by atoms with van der Waals surface area (Å²) in [5, 5.41) is 2.93. The van der Waals surface area contributed by atoms with Crippen molar-refractivity contribution in [1.29, 1.82) is 0 Å². The van der Waals surface area contributed by atoms with E-state index in [0.717, 1.165) is 26.2 Å². The molecule has 4 nitrogen and oxygen atoms in total. The third kappa shape index (κ3) is 2.74. The fourth-order valence-electron chi connectivity index (χ4n) is 3.06. The summed E-state index contributed by atoms with van der Waals surface area (Å²) in [7, 11) is 0. The van der Waals surface area contributed by atoms with Gasteiger partial charge in [0.1, 0.15) is 0 Å². The van der Waals surface area contributed by atoms with Gasteiger partial charge in [-0.1, -0.05) is 12.8 Å². The third-order valence-corrected chi connectivity index (χ3v) is 3.99. The van der Waals surface area contributed by atoms with Gasteiger partial charge in [-0.15, -0.1) is 0 Å². The van der Waals surface area contributed by atoms with Gasteiger partial charge in [-0.25, -0.2) is 0 Å². The van der Waals surface area contributed by atoms with E-state index in [9.17, 15) is 4.79 Å². The largest absolute Gasteiger partial charge is 0.355 e. The maximum atomic E-state index is 11.3. The molecule has 0 spiro atoms. The molecule has 0 radical (unpaired) electrons. The van der Waals surface area contributed by atoms with E-state index in [1.807, 2.05) is 0 Å². The van der Waals surface area contributed by atoms with Crippen LogP contribution >= 0.6 is 0 Å². The molecule has 0 aromatic rings. The highest BCUT2D eigenvalue weighted by Gasteiger charge is 2.30. The van der Waals surface area contributed by atoms with Crippen molar-refractivity contribution < 1.29 is 4.79 Å². The van der Waals surface area contributed by atoms with Crippen LogP contribution in [0.1, 0.15) is 32.1 Å². The molecule has 1 heterocycles. The molecule has 2 atom stereocenters. The van der Waals surface area contributed by atoms with E-state index < -0.39 is 0 Å². The predicted molar refractivity (Wildman–Crippen MR) is 64.0 cm³/mol. The molecule has 1 aliphatic carbocycles. The van der Waals surface area contributed by atoms with Crippen molar-refractivity contribution in [3.05, 3.63) is 0 Å². The Morgan fingerprint density at radius 1 is 1.31 bits per heavy atom. The molecule has 3 N–H and O–H groups in total. The molecular weight excluding hydrogens is 202 g/mol. The quantitative estimate of drug-likeness (QED) is 0.712. The van der Waals surface area contributed by atoms with Gasteiger partial charge in [0.05, 0.1) is 0 Å². The van der Waals surface area contributed by atoms with E-state index >= 15 is 0 Å². The molecule has 1 saturated heterocycles. The SMILES string of the molecule is NCC1CCCCC1N1CCNC(=O)CC1. The third-order valence-electron chi connectivity index (χ3n) is 3.99. The Balaban J connectivity index is 1.95. The minimum absolute atomic E-state index is 0.197. The second-order valence-corrected chi connectivity index (χ2v) is 4.98. The molecule has 92 valence electrons. The van der Waals surface area contributed by atoms with Crippen LogP contribution in [0.5, 0.6) is 0 Å². The summed E-state index contributed by atoms with van der Waals surface area (Å²) >= 11 is 0. The lowest BCUT2D eigenvalue weighted by Gasteiger charge is -2.38. The lowest BCUT2D eigenvalue weighted by Crippen LogP contribution is -2.46. The molecule has 2 unspecified atom stereocenters. The van der Waals surface area contributed by atoms with E-state index in [1.165, 1.54) is 25.7 Å². The molecular formula is C12H23N3O. The highest BCUT2D eigenvalue weighted by molar-refractivity contribution is 5.76. The van der Waals surface area contributed by atoms with Crippen LogP contribution in [0.15, 0.2) is 0 Å². The monoisotopic (exact) mass is 225 g/mol. The van der Waals surface area contributed by atoms with Crippen LogP contribution in [-0.2, 0) is 4.79 Å². The Hall–Kier alpha value is -0.610. The first-order chi connectivity index (χ1) is 7.81. The molecule has 16 heavy (non-hydrogen) atoms. The van der Waals surface area contributed by atoms with Gasteiger partial charge in [0, 0.05) is 32.1 Å². The topological polar surface area (TPSA) is 58.4 Å². The smallest absolute Gasteiger partial charge is 0.221 e. The number of carbonyl (C=O) groups excluding carboxylic acids is 1. The highest BCUT2D eigenvalue weighted by Crippen LogP contribution is 2.28. The molecule has 1 aliphatic heterocycles. The number of hydrogen-bond acceptors (Lipinski definition) is 3. The molecule has 2 aliphatic rings. The second-order valence-electron chi connectivity index (χ2n) is 4.98. The number of nitrogens with one attached hydrogen (secondary N) is 1. The molecule has 2 rings (SSSR count). The summed E-state index contributed by atoms with van der Waals surface area (Å²) in [5.74, 6) is 0.838. The van der Waals surface area contributed by atoms with Gasteiger partial charge in [0.2, 0.25) is 5.91 Å². The van der Waals surface area contributed by atoms with Crippen LogP contribution in [-0.4, -0.2) is 43.0 Å². The van der Waals surface area contributed by atoms with E-state index in [2.05, 4.69) is 10.2 Å². The van der Waals surface area contributed by atoms with E-state index in [0.29, 0.717) is 18.4 Å². The highest BCUT2D eigenvalue weighted by atomic mass is 16.1. The molecule has 1 amide bonds. The first-order valence-electron chi connectivity index (χ1n) is 6.52. The van der Waals surface area contributed by atoms with Gasteiger partial charge in [-0.3, -0.25) is 9.69 Å². The first-order valence-corrected chi connectivity index (χ1v) is 6.52. The van der Waals surface area contributed by atoms with Crippen LogP contribution in [0, 0.1) is 5.92 Å². The average Bonchev–Trinajstić information content (AvgIpc) is 2.54. The molecule has 1 saturated carbocycles. The van der Waals surface area contributed by atoms with Crippen molar-refractivity contribution in [2.24, 2.45) is 11.7 Å². The zero-order valence-electron chi connectivity index (χ0n) is 9.95. The number of amides is 1. The van der Waals surface area contributed by atoms with Crippen molar-refractivity contribution in [2.75, 3.05) is 26.2 Å². The fourth-order valence-corrected chi connectivity index (χ4v) is 3.06. The van der Waals surface area contributed by atoms with Gasteiger partial charge in [-0.05, 0) is 25.3 Å². The summed E-state index contributed by atoms with van der Waals surface area (Å²) in [4.78, 5) is 13.8. The van der Waals surface area contributed by atoms with E-state index in [1.54, 1.807) is 0 Å². The Morgan fingerprint density at radius 3 is 2.94 bits per heavy atom. The number of nitrogens with two attached hydrogens (primary N) is 1. The molecule has 2 fully saturated rings. The van der Waals surface area contributed by atoms with Crippen LogP contribution in [0.3, 0.4) is 0 Å². The summed E-state index contributed by atoms with van der Waals surface area (Å²) in [6.07, 6.45) is 5.81. The van der Waals surface area contributed by atoms with E-state index in [4.69, 9.17) is 5.73 Å². The molecule has 0 bridgehead atoms. The minimum atomic E-state index is 0.197. The average molecular weight is 225 g/mol. The van der Waals surface area contributed by atoms with Crippen molar-refractivity contribution in [3.63, 3.8) is 0 Å². The minimum Gasteiger partial charge on any atom is -0.355 e. The summed E-state index contributed by atoms with van der Waals surface area (Å²) in [6, 6.07) is 0.617. The lowest BCUT2D eigenvalue weighted by atomic mass is 9.83. The number of hydrogen-bond donors (Lipinski definition) is 2. The molecule has 0 aromatic carbocycles. The van der Waals surface area contributed by atoms with Gasteiger partial charge in [0.15, 0.2) is 0 Å². The van der Waals surface area contributed by atoms with E-state index in [-0.39, 0.29) is 5.91 Å². The lowest BCUT2D eigenvalue weighted by molar-refractivity contribution is -0.120. The number of nitrogens with zero attached hydrogens (tertiary/aromatic N) is 1. The molecule has 4 heteroatoms. The fraction of sp³-hybridized carbons (Fsp3) is 0.917. The Bertz CT molecular complexity index is 244. The zero-order chi connectivity index (χ0) is 11.4. The summed E-state index contributed by atoms with van der Waals surface area (Å²) < 4.78 is 0. The van der Waals surface area contributed by atoms with Crippen LogP contribution in [0.2, 0.25) is 0 Å². The normalized spacial score (nSPS) is 33.2. The molecule has 0 aromatic heterocycles. The zero-order valence-corrected chi connectivity index (χ0v) is 9.95. The Labute approximate surface area is 97.6 Å². The van der Waals surface area contributed by atoms with Crippen molar-refractivity contribution >= 4 is 5.91 Å². The van der Waals surface area contributed by atoms with Gasteiger partial charge < -0.3 is 11.1 Å². The standard InChI is InChI=1S/C12H23N3O/c13-9-10-3-1-2-4-11(10)15-7-5-12(16)14-6-8-15/h10-11H,1-9,13H2,(H,14,16). The summed E-state index contributed by atoms with van der Waals surface area (Å²) in [5.41, 5.74) is 5.86. The van der Waals surface area contributed by atoms with Gasteiger partial charge >= 0.3 is 0 Å². The van der Waals surface area contributed by atoms with Crippen LogP contribution < -0.4 is 11.1 Å². The maximum Gasteiger partial charge on any atom is 0.221 e. The first kappa shape index (κ1) is 11.9. The van der Waals surface area contributed by atoms with Crippen molar-refractivity contribution in [1.82, 2.24) is 10.2 Å². The van der Waals surface area contributed by atoms with Gasteiger partial charge in [-0.2, -0.15) is 0 Å². The van der Waals surface area contributed by atoms with Crippen molar-refractivity contribution in [3.8, 4) is 0 Å². The second kappa shape index (κ2) is 5.64. The Kier molecular flexibility index (Phi) is 4.18. The van der Waals surface area contributed by atoms with Crippen LogP contribution in [0.4, 0.5) is 0 Å².